The molecule has 0 aliphatic heterocycles. The maximum atomic E-state index is 9.91. The van der Waals surface area contributed by atoms with E-state index >= 15 is 0 Å². The predicted octanol–water partition coefficient (Wildman–Crippen LogP) is 1.55. The summed E-state index contributed by atoms with van der Waals surface area (Å²) in [6, 6.07) is 7.24. The molecule has 5 heteroatoms. The van der Waals surface area contributed by atoms with Gasteiger partial charge in [-0.1, -0.05) is 12.1 Å². The average molecular weight is 246 g/mol. The van der Waals surface area contributed by atoms with E-state index in [-0.39, 0.29) is 5.75 Å². The molecule has 0 atom stereocenters. The van der Waals surface area contributed by atoms with Crippen molar-refractivity contribution >= 4 is 5.69 Å². The Bertz CT molecular complexity index is 521. The highest BCUT2D eigenvalue weighted by molar-refractivity contribution is 5.78. The lowest BCUT2D eigenvalue weighted by Crippen LogP contribution is -2.08. The summed E-state index contributed by atoms with van der Waals surface area (Å²) in [6.07, 6.45) is 2.66. The second-order valence-electron chi connectivity index (χ2n) is 4.12. The zero-order chi connectivity index (χ0) is 13.0. The van der Waals surface area contributed by atoms with Crippen LogP contribution in [0.15, 0.2) is 30.5 Å². The number of para-hydroxylation sites is 1. The van der Waals surface area contributed by atoms with Crippen molar-refractivity contribution in [2.45, 2.75) is 6.42 Å². The Morgan fingerprint density at radius 3 is 2.89 bits per heavy atom. The number of nitrogens with one attached hydrogen (secondary N) is 1. The topological polar surface area (TPSA) is 76.1 Å². The summed E-state index contributed by atoms with van der Waals surface area (Å²) in [5.74, 6) is 0.253. The molecule has 5 nitrogen and oxygen atoms in total. The monoisotopic (exact) mass is 246 g/mol. The van der Waals surface area contributed by atoms with Crippen molar-refractivity contribution in [2.24, 2.45) is 12.8 Å². The van der Waals surface area contributed by atoms with Gasteiger partial charge in [0.15, 0.2) is 0 Å². The number of aryl methyl sites for hydroxylation is 1. The van der Waals surface area contributed by atoms with E-state index in [0.29, 0.717) is 6.54 Å². The zero-order valence-corrected chi connectivity index (χ0v) is 10.4. The fourth-order valence-corrected chi connectivity index (χ4v) is 1.89. The zero-order valence-electron chi connectivity index (χ0n) is 10.4. The van der Waals surface area contributed by atoms with E-state index in [1.165, 1.54) is 0 Å². The summed E-state index contributed by atoms with van der Waals surface area (Å²) in [5.41, 5.74) is 8.03. The number of anilines is 1. The number of nitrogens with zero attached hydrogens (tertiary/aromatic N) is 2. The molecule has 1 aromatic heterocycles. The summed E-state index contributed by atoms with van der Waals surface area (Å²) >= 11 is 0. The van der Waals surface area contributed by atoms with E-state index in [1.54, 1.807) is 23.0 Å². The van der Waals surface area contributed by atoms with Gasteiger partial charge in [-0.25, -0.2) is 0 Å². The number of aromatic nitrogens is 2. The van der Waals surface area contributed by atoms with E-state index in [1.807, 2.05) is 19.2 Å². The highest BCUT2D eigenvalue weighted by atomic mass is 16.3. The first-order valence-corrected chi connectivity index (χ1v) is 5.98. The molecule has 0 radical (unpaired) electrons. The third-order valence-electron chi connectivity index (χ3n) is 2.79. The fourth-order valence-electron chi connectivity index (χ4n) is 1.89. The van der Waals surface area contributed by atoms with E-state index in [2.05, 4.69) is 10.4 Å². The number of phenols is 1. The maximum Gasteiger partial charge on any atom is 0.125 e. The van der Waals surface area contributed by atoms with E-state index in [4.69, 9.17) is 5.73 Å². The third kappa shape index (κ3) is 2.46. The van der Waals surface area contributed by atoms with Crippen LogP contribution in [0.4, 0.5) is 5.69 Å². The molecule has 0 saturated heterocycles. The van der Waals surface area contributed by atoms with Gasteiger partial charge in [-0.15, -0.1) is 0 Å². The van der Waals surface area contributed by atoms with Gasteiger partial charge in [0, 0.05) is 19.2 Å². The number of rotatable bonds is 5. The molecule has 0 fully saturated rings. The number of aromatic hydroxyl groups is 1. The van der Waals surface area contributed by atoms with Gasteiger partial charge < -0.3 is 16.2 Å². The first-order valence-electron chi connectivity index (χ1n) is 5.98. The summed E-state index contributed by atoms with van der Waals surface area (Å²) in [7, 11) is 1.86. The van der Waals surface area contributed by atoms with Gasteiger partial charge in [0.25, 0.3) is 0 Å². The quantitative estimate of drug-likeness (QED) is 0.700. The van der Waals surface area contributed by atoms with Crippen molar-refractivity contribution in [3.63, 3.8) is 0 Å². The molecule has 0 bridgehead atoms. The van der Waals surface area contributed by atoms with Gasteiger partial charge in [-0.2, -0.15) is 5.10 Å². The van der Waals surface area contributed by atoms with Crippen molar-refractivity contribution in [3.8, 4) is 17.0 Å². The molecule has 0 amide bonds. The first kappa shape index (κ1) is 12.4. The van der Waals surface area contributed by atoms with Crippen LogP contribution in [0.5, 0.6) is 5.75 Å². The standard InChI is InChI=1S/C13H18N4O/c1-17-13(10-5-2-3-6-12(10)18)11(9-16-17)15-8-4-7-14/h2-3,5-6,9,15,18H,4,7-8,14H2,1H3. The van der Waals surface area contributed by atoms with Crippen LogP contribution in [-0.4, -0.2) is 28.0 Å². The number of phenolic OH excluding ortho intramolecular Hbond substituents is 1. The molecule has 1 aromatic carbocycles. The molecule has 0 spiro atoms. The Labute approximate surface area is 106 Å². The molecule has 0 saturated carbocycles. The van der Waals surface area contributed by atoms with Crippen LogP contribution in [0.2, 0.25) is 0 Å². The minimum atomic E-state index is 0.253. The lowest BCUT2D eigenvalue weighted by Gasteiger charge is -2.09. The van der Waals surface area contributed by atoms with Gasteiger partial charge in [-0.3, -0.25) is 4.68 Å². The molecule has 2 aromatic rings. The van der Waals surface area contributed by atoms with Crippen LogP contribution in [-0.2, 0) is 7.05 Å². The van der Waals surface area contributed by atoms with Crippen LogP contribution >= 0.6 is 0 Å². The van der Waals surface area contributed by atoms with Crippen molar-refractivity contribution in [2.75, 3.05) is 18.4 Å². The Kier molecular flexibility index (Phi) is 3.84. The van der Waals surface area contributed by atoms with E-state index < -0.39 is 0 Å². The van der Waals surface area contributed by atoms with Crippen LogP contribution in [0.25, 0.3) is 11.3 Å². The third-order valence-corrected chi connectivity index (χ3v) is 2.79. The Morgan fingerprint density at radius 2 is 2.17 bits per heavy atom. The van der Waals surface area contributed by atoms with Gasteiger partial charge >= 0.3 is 0 Å². The lowest BCUT2D eigenvalue weighted by atomic mass is 10.1. The van der Waals surface area contributed by atoms with Crippen molar-refractivity contribution < 1.29 is 5.11 Å². The molecular formula is C13H18N4O. The molecule has 96 valence electrons. The second-order valence-corrected chi connectivity index (χ2v) is 4.12. The van der Waals surface area contributed by atoms with Crippen LogP contribution in [0.1, 0.15) is 6.42 Å². The van der Waals surface area contributed by atoms with Gasteiger partial charge in [0.2, 0.25) is 0 Å². The van der Waals surface area contributed by atoms with Crippen molar-refractivity contribution in [1.82, 2.24) is 9.78 Å². The van der Waals surface area contributed by atoms with Crippen molar-refractivity contribution in [3.05, 3.63) is 30.5 Å². The SMILES string of the molecule is Cn1ncc(NCCCN)c1-c1ccccc1O. The van der Waals surface area contributed by atoms with Gasteiger partial charge in [0.05, 0.1) is 17.6 Å². The highest BCUT2D eigenvalue weighted by Gasteiger charge is 2.13. The Hall–Kier alpha value is -2.01. The summed E-state index contributed by atoms with van der Waals surface area (Å²) in [4.78, 5) is 0. The molecule has 4 N–H and O–H groups in total. The minimum absolute atomic E-state index is 0.253. The molecule has 18 heavy (non-hydrogen) atoms. The molecule has 2 rings (SSSR count). The van der Waals surface area contributed by atoms with Crippen LogP contribution in [0, 0.1) is 0 Å². The maximum absolute atomic E-state index is 9.91. The first-order chi connectivity index (χ1) is 8.74. The second kappa shape index (κ2) is 5.55. The Morgan fingerprint density at radius 1 is 1.39 bits per heavy atom. The minimum Gasteiger partial charge on any atom is -0.507 e. The summed E-state index contributed by atoms with van der Waals surface area (Å²) < 4.78 is 1.75. The normalized spacial score (nSPS) is 10.6. The molecule has 1 heterocycles. The molecule has 0 aliphatic carbocycles. The highest BCUT2D eigenvalue weighted by Crippen LogP contribution is 2.33. The van der Waals surface area contributed by atoms with Gasteiger partial charge in [-0.05, 0) is 25.1 Å². The number of benzene rings is 1. The molecule has 0 unspecified atom stereocenters. The largest absolute Gasteiger partial charge is 0.507 e. The summed E-state index contributed by atoms with van der Waals surface area (Å²) in [6.45, 7) is 1.45. The van der Waals surface area contributed by atoms with Crippen LogP contribution in [0.3, 0.4) is 0 Å². The van der Waals surface area contributed by atoms with E-state index in [9.17, 15) is 5.11 Å². The number of nitrogens with two attached hydrogens (primary N) is 1. The van der Waals surface area contributed by atoms with E-state index in [0.717, 1.165) is 29.9 Å². The predicted molar refractivity (Wildman–Crippen MR) is 72.5 cm³/mol. The molecule has 0 aliphatic rings. The summed E-state index contributed by atoms with van der Waals surface area (Å²) in [5, 5.41) is 17.4. The Balaban J connectivity index is 2.32. The molecular weight excluding hydrogens is 228 g/mol. The smallest absolute Gasteiger partial charge is 0.125 e. The number of hydrogen-bond acceptors (Lipinski definition) is 4. The van der Waals surface area contributed by atoms with Crippen molar-refractivity contribution in [1.29, 1.82) is 0 Å². The van der Waals surface area contributed by atoms with Gasteiger partial charge in [0.1, 0.15) is 5.75 Å². The number of hydrogen-bond donors (Lipinski definition) is 3. The fraction of sp³-hybridized carbons (Fsp3) is 0.308. The lowest BCUT2D eigenvalue weighted by molar-refractivity contribution is 0.476. The van der Waals surface area contributed by atoms with Crippen LogP contribution < -0.4 is 11.1 Å². The average Bonchev–Trinajstić information content (AvgIpc) is 2.72.